The molecule has 4 nitrogen and oxygen atoms in total. The van der Waals surface area contributed by atoms with Crippen LogP contribution in [0.25, 0.3) is 0 Å². The molecule has 1 aromatic carbocycles. The molecule has 1 N–H and O–H groups in total. The fraction of sp³-hybridized carbons (Fsp3) is 0.731. The Morgan fingerprint density at radius 2 is 1.65 bits per heavy atom. The van der Waals surface area contributed by atoms with E-state index in [4.69, 9.17) is 21.1 Å². The number of unbranched alkanes of at least 4 members (excludes halogenated alkanes) is 9. The summed E-state index contributed by atoms with van der Waals surface area (Å²) in [5, 5.41) is 3.61. The van der Waals surface area contributed by atoms with E-state index < -0.39 is 6.29 Å². The zero-order chi connectivity index (χ0) is 22.5. The smallest absolute Gasteiger partial charge is 0.251 e. The van der Waals surface area contributed by atoms with E-state index in [1.807, 2.05) is 6.07 Å². The van der Waals surface area contributed by atoms with Crippen LogP contribution in [0.2, 0.25) is 5.02 Å². The lowest BCUT2D eigenvalue weighted by atomic mass is 10.1. The van der Waals surface area contributed by atoms with Gasteiger partial charge >= 0.3 is 0 Å². The summed E-state index contributed by atoms with van der Waals surface area (Å²) in [5.41, 5.74) is 1.34. The molecule has 0 spiro atoms. The molecule has 1 aliphatic rings. The largest absolute Gasteiger partial charge is 0.352 e. The molecule has 0 saturated carbocycles. The Kier molecular flexibility index (Phi) is 12.5. The summed E-state index contributed by atoms with van der Waals surface area (Å²) in [6, 6.07) is 5.34. The first-order valence-corrected chi connectivity index (χ1v) is 12.8. The van der Waals surface area contributed by atoms with Crippen LogP contribution in [0.5, 0.6) is 0 Å². The van der Waals surface area contributed by atoms with Gasteiger partial charge in [0.1, 0.15) is 0 Å². The van der Waals surface area contributed by atoms with E-state index in [9.17, 15) is 4.79 Å². The number of rotatable bonds is 14. The lowest BCUT2D eigenvalue weighted by molar-refractivity contribution is -0.243. The molecule has 31 heavy (non-hydrogen) atoms. The third-order valence-electron chi connectivity index (χ3n) is 6.05. The second-order valence-corrected chi connectivity index (χ2v) is 9.26. The molecule has 1 aliphatic heterocycles. The van der Waals surface area contributed by atoms with Gasteiger partial charge in [-0.05, 0) is 44.4 Å². The Bertz CT molecular complexity index is 652. The Morgan fingerprint density at radius 3 is 2.29 bits per heavy atom. The molecule has 1 aromatic rings. The van der Waals surface area contributed by atoms with Crippen LogP contribution < -0.4 is 5.32 Å². The minimum absolute atomic E-state index is 0.0651. The van der Waals surface area contributed by atoms with E-state index in [1.54, 1.807) is 12.1 Å². The van der Waals surface area contributed by atoms with Crippen molar-refractivity contribution >= 4 is 17.5 Å². The van der Waals surface area contributed by atoms with E-state index in [-0.39, 0.29) is 18.1 Å². The Balaban J connectivity index is 1.71. The van der Waals surface area contributed by atoms with Crippen molar-refractivity contribution in [2.45, 2.75) is 116 Å². The molecular weight excluding hydrogens is 410 g/mol. The number of nitrogens with one attached hydrogen (secondary N) is 1. The van der Waals surface area contributed by atoms with E-state index in [2.05, 4.69) is 26.1 Å². The minimum atomic E-state index is -0.518. The number of carbonyl (C=O) groups is 1. The molecule has 0 aromatic heterocycles. The van der Waals surface area contributed by atoms with Crippen LogP contribution in [0.15, 0.2) is 18.2 Å². The van der Waals surface area contributed by atoms with Crippen LogP contribution >= 0.6 is 11.6 Å². The van der Waals surface area contributed by atoms with Gasteiger partial charge in [-0.2, -0.15) is 0 Å². The maximum atomic E-state index is 12.6. The fourth-order valence-corrected chi connectivity index (χ4v) is 4.30. The van der Waals surface area contributed by atoms with E-state index >= 15 is 0 Å². The van der Waals surface area contributed by atoms with Crippen molar-refractivity contribution in [1.29, 1.82) is 0 Å². The SMILES string of the molecule is CCCCCCCCCCCCNC(=O)c1ccc(Cl)c(C2OC(C)CC(CC)O2)c1. The van der Waals surface area contributed by atoms with Gasteiger partial charge in [-0.25, -0.2) is 0 Å². The fourth-order valence-electron chi connectivity index (χ4n) is 4.09. The molecule has 5 heteroatoms. The molecule has 3 unspecified atom stereocenters. The van der Waals surface area contributed by atoms with Crippen LogP contribution in [-0.4, -0.2) is 24.7 Å². The van der Waals surface area contributed by atoms with Crippen molar-refractivity contribution in [2.75, 3.05) is 6.54 Å². The summed E-state index contributed by atoms with van der Waals surface area (Å²) in [4.78, 5) is 12.6. The highest BCUT2D eigenvalue weighted by molar-refractivity contribution is 6.31. The molecule has 0 aliphatic carbocycles. The number of halogens is 1. The predicted molar refractivity (Wildman–Crippen MR) is 129 cm³/mol. The van der Waals surface area contributed by atoms with Gasteiger partial charge in [0, 0.05) is 22.7 Å². The van der Waals surface area contributed by atoms with Gasteiger partial charge in [-0.15, -0.1) is 0 Å². The van der Waals surface area contributed by atoms with Crippen molar-refractivity contribution in [3.05, 3.63) is 34.3 Å². The summed E-state index contributed by atoms with van der Waals surface area (Å²) < 4.78 is 12.0. The highest BCUT2D eigenvalue weighted by Crippen LogP contribution is 2.35. The lowest BCUT2D eigenvalue weighted by Crippen LogP contribution is -2.32. The number of benzene rings is 1. The monoisotopic (exact) mass is 451 g/mol. The average Bonchev–Trinajstić information content (AvgIpc) is 2.77. The number of hydrogen-bond acceptors (Lipinski definition) is 3. The predicted octanol–water partition coefficient (Wildman–Crippen LogP) is 7.59. The van der Waals surface area contributed by atoms with Gasteiger partial charge in [-0.1, -0.05) is 83.2 Å². The number of amides is 1. The molecule has 1 saturated heterocycles. The topological polar surface area (TPSA) is 47.6 Å². The van der Waals surface area contributed by atoms with Crippen LogP contribution in [0.1, 0.15) is 120 Å². The molecule has 1 heterocycles. The van der Waals surface area contributed by atoms with Gasteiger partial charge in [0.2, 0.25) is 0 Å². The van der Waals surface area contributed by atoms with Crippen molar-refractivity contribution in [3.8, 4) is 0 Å². The number of carbonyl (C=O) groups excluding carboxylic acids is 1. The third kappa shape index (κ3) is 9.51. The maximum absolute atomic E-state index is 12.6. The first kappa shape index (κ1) is 26.2. The third-order valence-corrected chi connectivity index (χ3v) is 6.39. The van der Waals surface area contributed by atoms with E-state index in [0.29, 0.717) is 17.1 Å². The van der Waals surface area contributed by atoms with E-state index in [1.165, 1.54) is 57.8 Å². The summed E-state index contributed by atoms with van der Waals surface area (Å²) in [7, 11) is 0. The molecule has 3 atom stereocenters. The second kappa shape index (κ2) is 14.9. The van der Waals surface area contributed by atoms with Crippen molar-refractivity contribution in [1.82, 2.24) is 5.32 Å². The Labute approximate surface area is 194 Å². The highest BCUT2D eigenvalue weighted by atomic mass is 35.5. The highest BCUT2D eigenvalue weighted by Gasteiger charge is 2.29. The van der Waals surface area contributed by atoms with Crippen molar-refractivity contribution < 1.29 is 14.3 Å². The minimum Gasteiger partial charge on any atom is -0.352 e. The standard InChI is InChI=1S/C26H42ClNO3/c1-4-6-7-8-9-10-11-12-13-14-17-28-25(29)21-15-16-24(27)23(19-21)26-30-20(3)18-22(5-2)31-26/h15-16,19-20,22,26H,4-14,17-18H2,1-3H3,(H,28,29). The van der Waals surface area contributed by atoms with Gasteiger partial charge in [0.15, 0.2) is 6.29 Å². The molecule has 176 valence electrons. The van der Waals surface area contributed by atoms with Crippen molar-refractivity contribution in [3.63, 3.8) is 0 Å². The molecule has 1 amide bonds. The van der Waals surface area contributed by atoms with Crippen LogP contribution in [0, 0.1) is 0 Å². The first-order valence-electron chi connectivity index (χ1n) is 12.4. The Morgan fingerprint density at radius 1 is 1.00 bits per heavy atom. The zero-order valence-electron chi connectivity index (χ0n) is 19.8. The molecular formula is C26H42ClNO3. The first-order chi connectivity index (χ1) is 15.0. The lowest BCUT2D eigenvalue weighted by Gasteiger charge is -2.34. The van der Waals surface area contributed by atoms with Gasteiger partial charge in [0.05, 0.1) is 12.2 Å². The summed E-state index contributed by atoms with van der Waals surface area (Å²) in [6.07, 6.45) is 14.4. The second-order valence-electron chi connectivity index (χ2n) is 8.85. The zero-order valence-corrected chi connectivity index (χ0v) is 20.5. The van der Waals surface area contributed by atoms with Gasteiger partial charge in [-0.3, -0.25) is 4.79 Å². The van der Waals surface area contributed by atoms with Gasteiger partial charge in [0.25, 0.3) is 5.91 Å². The van der Waals surface area contributed by atoms with E-state index in [0.717, 1.165) is 24.8 Å². The number of hydrogen-bond donors (Lipinski definition) is 1. The normalized spacial score (nSPS) is 21.2. The molecule has 0 bridgehead atoms. The summed E-state index contributed by atoms with van der Waals surface area (Å²) >= 11 is 6.40. The molecule has 0 radical (unpaired) electrons. The number of ether oxygens (including phenoxy) is 2. The molecule has 1 fully saturated rings. The maximum Gasteiger partial charge on any atom is 0.251 e. The summed E-state index contributed by atoms with van der Waals surface area (Å²) in [5.74, 6) is -0.0651. The Hall–Kier alpha value is -1.10. The van der Waals surface area contributed by atoms with Crippen LogP contribution in [-0.2, 0) is 9.47 Å². The van der Waals surface area contributed by atoms with Crippen LogP contribution in [0.3, 0.4) is 0 Å². The average molecular weight is 452 g/mol. The quantitative estimate of drug-likeness (QED) is 0.296. The van der Waals surface area contributed by atoms with Crippen LogP contribution in [0.4, 0.5) is 0 Å². The summed E-state index contributed by atoms with van der Waals surface area (Å²) in [6.45, 7) is 7.12. The van der Waals surface area contributed by atoms with Crippen molar-refractivity contribution in [2.24, 2.45) is 0 Å². The van der Waals surface area contributed by atoms with Gasteiger partial charge < -0.3 is 14.8 Å². The molecule has 2 rings (SSSR count).